The Labute approximate surface area is 109 Å². The highest BCUT2D eigenvalue weighted by atomic mass is 15.3. The van der Waals surface area contributed by atoms with Crippen LogP contribution in [0.4, 0.5) is 0 Å². The Hall–Kier alpha value is -1.61. The third-order valence-corrected chi connectivity index (χ3v) is 3.30. The van der Waals surface area contributed by atoms with E-state index in [9.17, 15) is 0 Å². The number of rotatable bonds is 4. The van der Waals surface area contributed by atoms with Gasteiger partial charge in [0.1, 0.15) is 0 Å². The number of hydrogen-bond donors (Lipinski definition) is 1. The predicted molar refractivity (Wildman–Crippen MR) is 74.6 cm³/mol. The fourth-order valence-corrected chi connectivity index (χ4v) is 2.40. The summed E-state index contributed by atoms with van der Waals surface area (Å²) in [4.78, 5) is 0. The van der Waals surface area contributed by atoms with Gasteiger partial charge in [0.15, 0.2) is 0 Å². The van der Waals surface area contributed by atoms with Crippen molar-refractivity contribution >= 4 is 0 Å². The van der Waals surface area contributed by atoms with Gasteiger partial charge in [-0.3, -0.25) is 4.68 Å². The van der Waals surface area contributed by atoms with Gasteiger partial charge in [-0.05, 0) is 32.9 Å². The first-order valence-electron chi connectivity index (χ1n) is 6.33. The van der Waals surface area contributed by atoms with Crippen molar-refractivity contribution in [2.24, 2.45) is 7.05 Å². The van der Waals surface area contributed by atoms with Gasteiger partial charge in [-0.1, -0.05) is 29.8 Å². The molecule has 0 amide bonds. The number of aryl methyl sites for hydroxylation is 3. The second-order valence-corrected chi connectivity index (χ2v) is 4.88. The minimum atomic E-state index is 0.320. The van der Waals surface area contributed by atoms with Gasteiger partial charge in [-0.25, -0.2) is 0 Å². The van der Waals surface area contributed by atoms with Crippen LogP contribution in [0.2, 0.25) is 0 Å². The van der Waals surface area contributed by atoms with E-state index in [2.05, 4.69) is 54.7 Å². The van der Waals surface area contributed by atoms with Crippen LogP contribution in [0.15, 0.2) is 30.5 Å². The maximum absolute atomic E-state index is 4.42. The lowest BCUT2D eigenvalue weighted by atomic mass is 9.98. The Morgan fingerprint density at radius 2 is 2.11 bits per heavy atom. The third kappa shape index (κ3) is 2.79. The van der Waals surface area contributed by atoms with E-state index in [-0.39, 0.29) is 0 Å². The summed E-state index contributed by atoms with van der Waals surface area (Å²) in [5.74, 6) is 0. The van der Waals surface area contributed by atoms with Gasteiger partial charge in [-0.2, -0.15) is 5.10 Å². The van der Waals surface area contributed by atoms with Gasteiger partial charge < -0.3 is 5.32 Å². The zero-order valence-corrected chi connectivity index (χ0v) is 11.6. The molecule has 18 heavy (non-hydrogen) atoms. The molecule has 0 fully saturated rings. The first kappa shape index (κ1) is 12.8. The van der Waals surface area contributed by atoms with Crippen LogP contribution in [0, 0.1) is 13.8 Å². The van der Waals surface area contributed by atoms with E-state index in [0.717, 1.165) is 12.1 Å². The number of benzene rings is 1. The van der Waals surface area contributed by atoms with Crippen LogP contribution < -0.4 is 5.32 Å². The number of hydrogen-bond acceptors (Lipinski definition) is 2. The summed E-state index contributed by atoms with van der Waals surface area (Å²) in [6, 6.07) is 9.00. The molecule has 2 aromatic rings. The zero-order chi connectivity index (χ0) is 13.1. The Balaban J connectivity index is 2.22. The van der Waals surface area contributed by atoms with Gasteiger partial charge in [-0.15, -0.1) is 0 Å². The summed E-state index contributed by atoms with van der Waals surface area (Å²) >= 11 is 0. The molecule has 0 aliphatic rings. The van der Waals surface area contributed by atoms with E-state index >= 15 is 0 Å². The average Bonchev–Trinajstić information content (AvgIpc) is 2.65. The topological polar surface area (TPSA) is 29.9 Å². The summed E-state index contributed by atoms with van der Waals surface area (Å²) in [6.07, 6.45) is 3.09. The Bertz CT molecular complexity index is 528. The highest BCUT2D eigenvalue weighted by Gasteiger charge is 2.15. The molecule has 3 nitrogen and oxygen atoms in total. The molecule has 1 unspecified atom stereocenters. The molecule has 1 heterocycles. The molecule has 1 atom stereocenters. The summed E-state index contributed by atoms with van der Waals surface area (Å²) in [6.45, 7) is 4.20. The lowest BCUT2D eigenvalue weighted by molar-refractivity contribution is 0.588. The van der Waals surface area contributed by atoms with E-state index in [1.54, 1.807) is 0 Å². The molecule has 0 bridgehead atoms. The van der Waals surface area contributed by atoms with Crippen LogP contribution in [0.1, 0.15) is 28.4 Å². The predicted octanol–water partition coefficient (Wildman–Crippen LogP) is 2.54. The molecule has 0 radical (unpaired) electrons. The Morgan fingerprint density at radius 3 is 2.67 bits per heavy atom. The van der Waals surface area contributed by atoms with Crippen molar-refractivity contribution in [2.45, 2.75) is 26.3 Å². The van der Waals surface area contributed by atoms with Crippen molar-refractivity contribution in [2.75, 3.05) is 7.05 Å². The lowest BCUT2D eigenvalue weighted by Gasteiger charge is -2.16. The number of nitrogens with zero attached hydrogens (tertiary/aromatic N) is 2. The van der Waals surface area contributed by atoms with Crippen LogP contribution in [0.3, 0.4) is 0 Å². The molecule has 1 aromatic carbocycles. The molecule has 0 aliphatic heterocycles. The fourth-order valence-electron chi connectivity index (χ4n) is 2.40. The van der Waals surface area contributed by atoms with Crippen LogP contribution in [-0.2, 0) is 13.5 Å². The fraction of sp³-hybridized carbons (Fsp3) is 0.400. The van der Waals surface area contributed by atoms with Crippen molar-refractivity contribution in [1.82, 2.24) is 15.1 Å². The lowest BCUT2D eigenvalue weighted by Crippen LogP contribution is -2.19. The standard InChI is InChI=1S/C15H21N3/c1-11-6-5-7-13(8-11)9-15(16-3)14-10-18(4)17-12(14)2/h5-8,10,15-16H,9H2,1-4H3. The van der Waals surface area contributed by atoms with Crippen LogP contribution in [0.5, 0.6) is 0 Å². The molecule has 1 aromatic heterocycles. The molecular weight excluding hydrogens is 222 g/mol. The molecule has 0 saturated heterocycles. The molecule has 96 valence electrons. The normalized spacial score (nSPS) is 12.7. The maximum atomic E-state index is 4.42. The highest BCUT2D eigenvalue weighted by Crippen LogP contribution is 2.21. The number of likely N-dealkylation sites (N-methyl/N-ethyl adjacent to an activating group) is 1. The summed E-state index contributed by atoms with van der Waals surface area (Å²) in [7, 11) is 3.97. The minimum absolute atomic E-state index is 0.320. The second-order valence-electron chi connectivity index (χ2n) is 4.88. The molecular formula is C15H21N3. The maximum Gasteiger partial charge on any atom is 0.0641 e. The Kier molecular flexibility index (Phi) is 3.82. The van der Waals surface area contributed by atoms with Crippen molar-refractivity contribution in [3.63, 3.8) is 0 Å². The number of nitrogens with one attached hydrogen (secondary N) is 1. The van der Waals surface area contributed by atoms with Gasteiger partial charge >= 0.3 is 0 Å². The summed E-state index contributed by atoms with van der Waals surface area (Å²) in [5, 5.41) is 7.80. The van der Waals surface area contributed by atoms with Crippen molar-refractivity contribution < 1.29 is 0 Å². The largest absolute Gasteiger partial charge is 0.313 e. The number of aromatic nitrogens is 2. The summed E-state index contributed by atoms with van der Waals surface area (Å²) in [5.41, 5.74) is 5.05. The zero-order valence-electron chi connectivity index (χ0n) is 11.6. The van der Waals surface area contributed by atoms with E-state index in [4.69, 9.17) is 0 Å². The first-order valence-corrected chi connectivity index (χ1v) is 6.33. The Morgan fingerprint density at radius 1 is 1.33 bits per heavy atom. The van der Waals surface area contributed by atoms with E-state index < -0.39 is 0 Å². The van der Waals surface area contributed by atoms with Gasteiger partial charge in [0, 0.05) is 24.8 Å². The molecule has 1 N–H and O–H groups in total. The highest BCUT2D eigenvalue weighted by molar-refractivity contribution is 5.27. The monoisotopic (exact) mass is 243 g/mol. The summed E-state index contributed by atoms with van der Waals surface area (Å²) < 4.78 is 1.88. The van der Waals surface area contributed by atoms with Crippen LogP contribution in [-0.4, -0.2) is 16.8 Å². The average molecular weight is 243 g/mol. The second kappa shape index (κ2) is 5.36. The van der Waals surface area contributed by atoms with Crippen LogP contribution >= 0.6 is 0 Å². The minimum Gasteiger partial charge on any atom is -0.313 e. The smallest absolute Gasteiger partial charge is 0.0641 e. The van der Waals surface area contributed by atoms with Crippen molar-refractivity contribution in [1.29, 1.82) is 0 Å². The molecule has 3 heteroatoms. The molecule has 2 rings (SSSR count). The molecule has 0 saturated carbocycles. The van der Waals surface area contributed by atoms with Crippen molar-refractivity contribution in [3.05, 3.63) is 52.8 Å². The van der Waals surface area contributed by atoms with Gasteiger partial charge in [0.2, 0.25) is 0 Å². The van der Waals surface area contributed by atoms with Crippen molar-refractivity contribution in [3.8, 4) is 0 Å². The SMILES string of the molecule is CNC(Cc1cccc(C)c1)c1cn(C)nc1C. The van der Waals surface area contributed by atoms with E-state index in [0.29, 0.717) is 6.04 Å². The third-order valence-electron chi connectivity index (χ3n) is 3.30. The van der Waals surface area contributed by atoms with E-state index in [1.807, 2.05) is 18.8 Å². The van der Waals surface area contributed by atoms with Gasteiger partial charge in [0.25, 0.3) is 0 Å². The first-order chi connectivity index (χ1) is 8.60. The molecule has 0 aliphatic carbocycles. The van der Waals surface area contributed by atoms with E-state index in [1.165, 1.54) is 16.7 Å². The quantitative estimate of drug-likeness (QED) is 0.894. The molecule has 0 spiro atoms. The van der Waals surface area contributed by atoms with Gasteiger partial charge in [0.05, 0.1) is 5.69 Å². The van der Waals surface area contributed by atoms with Crippen LogP contribution in [0.25, 0.3) is 0 Å².